The fraction of sp³-hybridized carbons (Fsp3) is 1.00. The van der Waals surface area contributed by atoms with Crippen molar-refractivity contribution in [2.75, 3.05) is 27.8 Å². The zero-order valence-electron chi connectivity index (χ0n) is 14.4. The van der Waals surface area contributed by atoms with E-state index in [1.165, 1.54) is 70.8 Å². The molecule has 5 nitrogen and oxygen atoms in total. The Bertz CT molecular complexity index is 220. The van der Waals surface area contributed by atoms with Crippen LogP contribution in [-0.2, 0) is 13.6 Å². The number of phosphoric ester groups is 1. The molecule has 0 aliphatic heterocycles. The van der Waals surface area contributed by atoms with Crippen molar-refractivity contribution in [1.82, 2.24) is 5.32 Å². The first-order valence-corrected chi connectivity index (χ1v) is 9.62. The lowest BCUT2D eigenvalue weighted by molar-refractivity contribution is 0.204. The fourth-order valence-corrected chi connectivity index (χ4v) is 2.01. The maximum Gasteiger partial charge on any atom is 0.471 e. The van der Waals surface area contributed by atoms with E-state index in [0.717, 1.165) is 14.2 Å². The van der Waals surface area contributed by atoms with Crippen molar-refractivity contribution in [3.63, 3.8) is 0 Å². The normalized spacial score (nSPS) is 11.1. The first-order valence-electron chi connectivity index (χ1n) is 8.12. The van der Waals surface area contributed by atoms with Crippen molar-refractivity contribution in [3.05, 3.63) is 0 Å². The quantitative estimate of drug-likeness (QED) is 0.385. The van der Waals surface area contributed by atoms with E-state index in [0.29, 0.717) is 0 Å². The van der Waals surface area contributed by atoms with E-state index in [1.807, 2.05) is 7.05 Å². The number of hydrogen-bond donors (Lipinski definition) is 2. The summed E-state index contributed by atoms with van der Waals surface area (Å²) in [7, 11) is 0.584. The Morgan fingerprint density at radius 1 is 0.857 bits per heavy atom. The smallest absolute Gasteiger partial charge is 0.320 e. The van der Waals surface area contributed by atoms with Gasteiger partial charge in [-0.05, 0) is 20.0 Å². The van der Waals surface area contributed by atoms with Gasteiger partial charge in [-0.2, -0.15) is 0 Å². The van der Waals surface area contributed by atoms with Crippen LogP contribution in [0.5, 0.6) is 0 Å². The minimum atomic E-state index is -3.65. The number of rotatable bonds is 13. The van der Waals surface area contributed by atoms with Crippen molar-refractivity contribution in [3.8, 4) is 0 Å². The summed E-state index contributed by atoms with van der Waals surface area (Å²) in [6.07, 6.45) is 14.3. The van der Waals surface area contributed by atoms with Crippen molar-refractivity contribution in [2.24, 2.45) is 0 Å². The fourth-order valence-electron chi connectivity index (χ4n) is 1.86. The largest absolute Gasteiger partial charge is 0.471 e. The molecule has 0 aliphatic rings. The van der Waals surface area contributed by atoms with Gasteiger partial charge >= 0.3 is 7.82 Å². The van der Waals surface area contributed by atoms with Gasteiger partial charge < -0.3 is 10.2 Å². The topological polar surface area (TPSA) is 67.8 Å². The summed E-state index contributed by atoms with van der Waals surface area (Å²) in [5, 5.41) is 3.19. The lowest BCUT2D eigenvalue weighted by atomic mass is 10.1. The molecular weight excluding hydrogens is 289 g/mol. The summed E-state index contributed by atoms with van der Waals surface area (Å²) >= 11 is 0. The van der Waals surface area contributed by atoms with E-state index in [1.54, 1.807) is 0 Å². The molecule has 0 spiro atoms. The van der Waals surface area contributed by atoms with Gasteiger partial charge in [0.15, 0.2) is 0 Å². The minimum absolute atomic E-state index is 1.10. The molecule has 0 saturated carbocycles. The van der Waals surface area contributed by atoms with Crippen LogP contribution in [-0.4, -0.2) is 32.7 Å². The highest BCUT2D eigenvalue weighted by Gasteiger charge is 2.13. The SMILES string of the molecule is CCCCCCCCCCCCNC.COP(=O)(O)OC. The second-order valence-electron chi connectivity index (χ2n) is 5.12. The first-order chi connectivity index (χ1) is 10.0. The Balaban J connectivity index is 0. The molecule has 0 fully saturated rings. The monoisotopic (exact) mass is 325 g/mol. The van der Waals surface area contributed by atoms with Crippen molar-refractivity contribution in [1.29, 1.82) is 0 Å². The summed E-state index contributed by atoms with van der Waals surface area (Å²) in [6, 6.07) is 0. The van der Waals surface area contributed by atoms with E-state index in [-0.39, 0.29) is 0 Å². The van der Waals surface area contributed by atoms with Crippen LogP contribution in [0, 0.1) is 0 Å². The van der Waals surface area contributed by atoms with Crippen LogP contribution in [0.3, 0.4) is 0 Å². The van der Waals surface area contributed by atoms with E-state index < -0.39 is 7.82 Å². The lowest BCUT2D eigenvalue weighted by Gasteiger charge is -2.01. The predicted molar refractivity (Wildman–Crippen MR) is 89.6 cm³/mol. The molecule has 0 radical (unpaired) electrons. The van der Waals surface area contributed by atoms with E-state index in [4.69, 9.17) is 4.89 Å². The maximum absolute atomic E-state index is 10.1. The van der Waals surface area contributed by atoms with E-state index in [2.05, 4.69) is 21.3 Å². The van der Waals surface area contributed by atoms with Crippen LogP contribution in [0.25, 0.3) is 0 Å². The Morgan fingerprint density at radius 2 is 1.24 bits per heavy atom. The number of phosphoric acid groups is 1. The number of unbranched alkanes of at least 4 members (excludes halogenated alkanes) is 9. The Morgan fingerprint density at radius 3 is 1.52 bits per heavy atom. The molecule has 0 atom stereocenters. The van der Waals surface area contributed by atoms with E-state index >= 15 is 0 Å². The zero-order valence-corrected chi connectivity index (χ0v) is 15.3. The molecule has 0 unspecified atom stereocenters. The Labute approximate surface area is 131 Å². The molecule has 21 heavy (non-hydrogen) atoms. The Hall–Kier alpha value is 0.0700. The third-order valence-corrected chi connectivity index (χ3v) is 4.16. The summed E-state index contributed by atoms with van der Waals surface area (Å²) in [5.41, 5.74) is 0. The van der Waals surface area contributed by atoms with Crippen LogP contribution in [0.4, 0.5) is 0 Å². The lowest BCUT2D eigenvalue weighted by Crippen LogP contribution is -2.06. The van der Waals surface area contributed by atoms with Crippen LogP contribution in [0.1, 0.15) is 71.1 Å². The molecule has 0 bridgehead atoms. The highest BCUT2D eigenvalue weighted by Crippen LogP contribution is 2.40. The van der Waals surface area contributed by atoms with Crippen molar-refractivity contribution in [2.45, 2.75) is 71.1 Å². The molecule has 6 heteroatoms. The zero-order chi connectivity index (χ0) is 16.4. The molecule has 0 aliphatic carbocycles. The average Bonchev–Trinajstić information content (AvgIpc) is 2.50. The van der Waals surface area contributed by atoms with E-state index in [9.17, 15) is 4.57 Å². The minimum Gasteiger partial charge on any atom is -0.320 e. The van der Waals surface area contributed by atoms with Crippen LogP contribution in [0.2, 0.25) is 0 Å². The van der Waals surface area contributed by atoms with Crippen molar-refractivity contribution >= 4 is 7.82 Å². The van der Waals surface area contributed by atoms with Gasteiger partial charge in [0.1, 0.15) is 0 Å². The third kappa shape index (κ3) is 22.5. The summed E-state index contributed by atoms with van der Waals surface area (Å²) in [6.45, 7) is 3.47. The molecular formula is C15H36NO4P. The van der Waals surface area contributed by atoms with Crippen LogP contribution >= 0.6 is 7.82 Å². The molecule has 130 valence electrons. The Kier molecular flexibility index (Phi) is 20.1. The van der Waals surface area contributed by atoms with Gasteiger partial charge in [-0.25, -0.2) is 4.57 Å². The van der Waals surface area contributed by atoms with Crippen LogP contribution in [0.15, 0.2) is 0 Å². The van der Waals surface area contributed by atoms with Gasteiger partial charge in [0, 0.05) is 14.2 Å². The molecule has 0 aromatic carbocycles. The number of nitrogens with one attached hydrogen (secondary N) is 1. The van der Waals surface area contributed by atoms with Gasteiger partial charge in [-0.15, -0.1) is 0 Å². The molecule has 0 aromatic heterocycles. The van der Waals surface area contributed by atoms with Gasteiger partial charge in [-0.1, -0.05) is 64.7 Å². The summed E-state index contributed by atoms with van der Waals surface area (Å²) in [5.74, 6) is 0. The molecule has 0 amide bonds. The van der Waals surface area contributed by atoms with Crippen molar-refractivity contribution < 1.29 is 18.5 Å². The maximum atomic E-state index is 10.1. The van der Waals surface area contributed by atoms with Crippen LogP contribution < -0.4 is 5.32 Å². The van der Waals surface area contributed by atoms with Gasteiger partial charge in [0.05, 0.1) is 0 Å². The van der Waals surface area contributed by atoms with Gasteiger partial charge in [0.25, 0.3) is 0 Å². The molecule has 0 aromatic rings. The second-order valence-corrected chi connectivity index (χ2v) is 6.79. The summed E-state index contributed by atoms with van der Waals surface area (Å²) in [4.78, 5) is 8.24. The summed E-state index contributed by atoms with van der Waals surface area (Å²) < 4.78 is 18.0. The highest BCUT2D eigenvalue weighted by molar-refractivity contribution is 7.47. The number of hydrogen-bond acceptors (Lipinski definition) is 4. The van der Waals surface area contributed by atoms with Gasteiger partial charge in [-0.3, -0.25) is 9.05 Å². The molecule has 0 saturated heterocycles. The first kappa shape index (κ1) is 23.3. The molecule has 0 heterocycles. The third-order valence-electron chi connectivity index (χ3n) is 3.24. The standard InChI is InChI=1S/C13H29N.C2H7O4P/c1-3-4-5-6-7-8-9-10-11-12-13-14-2;1-5-7(3,4)6-2/h14H,3-13H2,1-2H3;1-2H3,(H,3,4). The second kappa shape index (κ2) is 18.1. The average molecular weight is 325 g/mol. The van der Waals surface area contributed by atoms with Gasteiger partial charge in [0.2, 0.25) is 0 Å². The molecule has 2 N–H and O–H groups in total. The highest BCUT2D eigenvalue weighted by atomic mass is 31.2. The predicted octanol–water partition coefficient (Wildman–Crippen LogP) is 4.51. The molecule has 0 rings (SSSR count).